The SMILES string of the molecule is COc1ccc(-c2cnc(C(F)(F)F)o2)c(-c2cccc(F)c2)c1Br. The molecule has 0 fully saturated rings. The highest BCUT2D eigenvalue weighted by molar-refractivity contribution is 9.10. The van der Waals surface area contributed by atoms with Gasteiger partial charge < -0.3 is 9.15 Å². The Morgan fingerprint density at radius 3 is 2.52 bits per heavy atom. The summed E-state index contributed by atoms with van der Waals surface area (Å²) in [7, 11) is 1.45. The molecule has 0 N–H and O–H groups in total. The quantitative estimate of drug-likeness (QED) is 0.496. The van der Waals surface area contributed by atoms with Gasteiger partial charge in [0.25, 0.3) is 0 Å². The number of ether oxygens (including phenoxy) is 1. The van der Waals surface area contributed by atoms with Crippen molar-refractivity contribution >= 4 is 15.9 Å². The molecule has 3 aromatic rings. The first-order chi connectivity index (χ1) is 11.8. The van der Waals surface area contributed by atoms with Gasteiger partial charge in [0.2, 0.25) is 0 Å². The van der Waals surface area contributed by atoms with E-state index in [0.717, 1.165) is 6.20 Å². The number of halogens is 5. The van der Waals surface area contributed by atoms with E-state index in [-0.39, 0.29) is 5.76 Å². The standard InChI is InChI=1S/C17H10BrF4NO2/c1-24-12-6-5-11(13-8-23-16(25-13)17(20,21)22)14(15(12)18)9-3-2-4-10(19)7-9/h2-8H,1H3. The third-order valence-electron chi connectivity index (χ3n) is 3.45. The van der Waals surface area contributed by atoms with Gasteiger partial charge >= 0.3 is 12.1 Å². The highest BCUT2D eigenvalue weighted by Gasteiger charge is 2.37. The van der Waals surface area contributed by atoms with Gasteiger partial charge in [-0.1, -0.05) is 12.1 Å². The van der Waals surface area contributed by atoms with Crippen molar-refractivity contribution in [1.29, 1.82) is 0 Å². The van der Waals surface area contributed by atoms with Crippen LogP contribution in [-0.2, 0) is 6.18 Å². The van der Waals surface area contributed by atoms with Gasteiger partial charge in [-0.15, -0.1) is 0 Å². The molecule has 0 saturated heterocycles. The third kappa shape index (κ3) is 3.39. The summed E-state index contributed by atoms with van der Waals surface area (Å²) < 4.78 is 62.4. The van der Waals surface area contributed by atoms with E-state index in [2.05, 4.69) is 20.9 Å². The van der Waals surface area contributed by atoms with Crippen LogP contribution >= 0.6 is 15.9 Å². The number of hydrogen-bond donors (Lipinski definition) is 0. The molecule has 0 unspecified atom stereocenters. The van der Waals surface area contributed by atoms with E-state index in [1.165, 1.54) is 31.4 Å². The minimum absolute atomic E-state index is 0.0880. The third-order valence-corrected chi connectivity index (χ3v) is 4.24. The molecule has 0 radical (unpaired) electrons. The van der Waals surface area contributed by atoms with Crippen molar-refractivity contribution in [2.45, 2.75) is 6.18 Å². The van der Waals surface area contributed by atoms with Crippen molar-refractivity contribution in [3.63, 3.8) is 0 Å². The molecule has 25 heavy (non-hydrogen) atoms. The lowest BCUT2D eigenvalue weighted by Gasteiger charge is -2.13. The van der Waals surface area contributed by atoms with Gasteiger partial charge in [-0.2, -0.15) is 13.2 Å². The number of methoxy groups -OCH3 is 1. The second kappa shape index (κ2) is 6.51. The second-order valence-corrected chi connectivity index (χ2v) is 5.84. The molecule has 0 spiro atoms. The average Bonchev–Trinajstić information content (AvgIpc) is 3.04. The Morgan fingerprint density at radius 2 is 1.92 bits per heavy atom. The van der Waals surface area contributed by atoms with Crippen molar-refractivity contribution in [3.05, 3.63) is 58.8 Å². The van der Waals surface area contributed by atoms with Crippen molar-refractivity contribution in [1.82, 2.24) is 4.98 Å². The molecule has 0 aliphatic rings. The van der Waals surface area contributed by atoms with Crippen molar-refractivity contribution in [2.24, 2.45) is 0 Å². The Kier molecular flexibility index (Phi) is 4.55. The van der Waals surface area contributed by atoms with Crippen LogP contribution in [0.15, 0.2) is 51.5 Å². The number of nitrogens with zero attached hydrogens (tertiary/aromatic N) is 1. The monoisotopic (exact) mass is 415 g/mol. The molecule has 3 rings (SSSR count). The first kappa shape index (κ1) is 17.5. The zero-order valence-electron chi connectivity index (χ0n) is 12.7. The van der Waals surface area contributed by atoms with Crippen molar-refractivity contribution in [3.8, 4) is 28.2 Å². The van der Waals surface area contributed by atoms with E-state index < -0.39 is 17.9 Å². The number of aromatic nitrogens is 1. The summed E-state index contributed by atoms with van der Waals surface area (Å²) in [5.41, 5.74) is 1.20. The number of rotatable bonds is 3. The zero-order chi connectivity index (χ0) is 18.2. The predicted octanol–water partition coefficient (Wildman–Crippen LogP) is 5.94. The normalized spacial score (nSPS) is 11.6. The minimum Gasteiger partial charge on any atom is -0.496 e. The summed E-state index contributed by atoms with van der Waals surface area (Å²) in [6.45, 7) is 0. The Balaban J connectivity index is 2.23. The molecule has 0 aliphatic carbocycles. The van der Waals surface area contributed by atoms with Crippen LogP contribution in [0.5, 0.6) is 5.75 Å². The molecule has 1 heterocycles. The van der Waals surface area contributed by atoms with Crippen LogP contribution in [0.1, 0.15) is 5.89 Å². The highest BCUT2D eigenvalue weighted by atomic mass is 79.9. The zero-order valence-corrected chi connectivity index (χ0v) is 14.3. The van der Waals surface area contributed by atoms with Crippen LogP contribution < -0.4 is 4.74 Å². The van der Waals surface area contributed by atoms with E-state index >= 15 is 0 Å². The maximum Gasteiger partial charge on any atom is 0.468 e. The van der Waals surface area contributed by atoms with E-state index in [1.54, 1.807) is 12.1 Å². The lowest BCUT2D eigenvalue weighted by Crippen LogP contribution is -2.04. The topological polar surface area (TPSA) is 35.3 Å². The first-order valence-corrected chi connectivity index (χ1v) is 7.76. The Hall–Kier alpha value is -2.35. The molecule has 1 aromatic heterocycles. The van der Waals surface area contributed by atoms with Gasteiger partial charge in [-0.05, 0) is 45.8 Å². The number of benzene rings is 2. The maximum atomic E-state index is 13.6. The molecule has 0 atom stereocenters. The largest absolute Gasteiger partial charge is 0.496 e. The summed E-state index contributed by atoms with van der Waals surface area (Å²) in [6, 6.07) is 8.77. The molecule has 0 aliphatic heterocycles. The fourth-order valence-electron chi connectivity index (χ4n) is 2.38. The molecule has 8 heteroatoms. The van der Waals surface area contributed by atoms with Gasteiger partial charge in [0.1, 0.15) is 11.6 Å². The van der Waals surface area contributed by atoms with Crippen LogP contribution in [0.2, 0.25) is 0 Å². The molecule has 0 saturated carbocycles. The molecular weight excluding hydrogens is 406 g/mol. The van der Waals surface area contributed by atoms with Gasteiger partial charge in [-0.3, -0.25) is 0 Å². The van der Waals surface area contributed by atoms with Gasteiger partial charge in [0, 0.05) is 11.1 Å². The molecular formula is C17H10BrF4NO2. The van der Waals surface area contributed by atoms with Gasteiger partial charge in [0.15, 0.2) is 5.76 Å². The summed E-state index contributed by atoms with van der Waals surface area (Å²) in [5, 5.41) is 0. The molecule has 0 bridgehead atoms. The maximum absolute atomic E-state index is 13.6. The molecule has 2 aromatic carbocycles. The number of hydrogen-bond acceptors (Lipinski definition) is 3. The van der Waals surface area contributed by atoms with Crippen LogP contribution in [0.3, 0.4) is 0 Å². The molecule has 3 nitrogen and oxygen atoms in total. The van der Waals surface area contributed by atoms with E-state index in [1.807, 2.05) is 0 Å². The van der Waals surface area contributed by atoms with Gasteiger partial charge in [0.05, 0.1) is 17.8 Å². The Labute approximate surface area is 148 Å². The smallest absolute Gasteiger partial charge is 0.468 e. The van der Waals surface area contributed by atoms with Crippen LogP contribution in [-0.4, -0.2) is 12.1 Å². The summed E-state index contributed by atoms with van der Waals surface area (Å²) >= 11 is 3.37. The van der Waals surface area contributed by atoms with Gasteiger partial charge in [-0.25, -0.2) is 9.37 Å². The molecule has 130 valence electrons. The lowest BCUT2D eigenvalue weighted by atomic mass is 9.98. The van der Waals surface area contributed by atoms with Crippen LogP contribution in [0.25, 0.3) is 22.5 Å². The minimum atomic E-state index is -4.69. The lowest BCUT2D eigenvalue weighted by molar-refractivity contribution is -0.156. The predicted molar refractivity (Wildman–Crippen MR) is 86.6 cm³/mol. The Morgan fingerprint density at radius 1 is 1.16 bits per heavy atom. The second-order valence-electron chi connectivity index (χ2n) is 5.04. The van der Waals surface area contributed by atoms with Crippen LogP contribution in [0, 0.1) is 5.82 Å². The summed E-state index contributed by atoms with van der Waals surface area (Å²) in [5.74, 6) is -1.47. The van der Waals surface area contributed by atoms with Crippen LogP contribution in [0.4, 0.5) is 17.6 Å². The summed E-state index contributed by atoms with van der Waals surface area (Å²) in [6.07, 6.45) is -3.71. The fourth-order valence-corrected chi connectivity index (χ4v) is 3.11. The van der Waals surface area contributed by atoms with E-state index in [4.69, 9.17) is 9.15 Å². The van der Waals surface area contributed by atoms with Crippen molar-refractivity contribution < 1.29 is 26.7 Å². The average molecular weight is 416 g/mol. The fraction of sp³-hybridized carbons (Fsp3) is 0.118. The number of oxazole rings is 1. The molecule has 0 amide bonds. The van der Waals surface area contributed by atoms with Crippen molar-refractivity contribution in [2.75, 3.05) is 7.11 Å². The first-order valence-electron chi connectivity index (χ1n) is 6.97. The van der Waals surface area contributed by atoms with E-state index in [0.29, 0.717) is 26.9 Å². The van der Waals surface area contributed by atoms with E-state index in [9.17, 15) is 17.6 Å². The highest BCUT2D eigenvalue weighted by Crippen LogP contribution is 2.43. The number of alkyl halides is 3. The Bertz CT molecular complexity index is 921. The summed E-state index contributed by atoms with van der Waals surface area (Å²) in [4.78, 5) is 3.28.